The van der Waals surface area contributed by atoms with Gasteiger partial charge in [0.05, 0.1) is 48.7 Å². The Kier molecular flexibility index (Phi) is 18.9. The van der Waals surface area contributed by atoms with Crippen molar-refractivity contribution in [2.24, 2.45) is 23.7 Å². The van der Waals surface area contributed by atoms with Gasteiger partial charge in [-0.15, -0.1) is 11.3 Å². The van der Waals surface area contributed by atoms with Crippen LogP contribution in [0.25, 0.3) is 0 Å². The molecule has 3 rings (SSSR count). The first-order valence-corrected chi connectivity index (χ1v) is 21.3. The number of carbonyl (C=O) groups excluding carboxylic acids is 4. The monoisotopic (exact) mass is 799 g/mol. The summed E-state index contributed by atoms with van der Waals surface area (Å²) in [7, 11) is 8.71. The maximum atomic E-state index is 14.3. The second-order valence-electron chi connectivity index (χ2n) is 16.2. The van der Waals surface area contributed by atoms with Crippen LogP contribution in [0.1, 0.15) is 97.2 Å². The van der Waals surface area contributed by atoms with Crippen molar-refractivity contribution in [3.63, 3.8) is 0 Å². The molecule has 2 heterocycles. The molecule has 1 saturated heterocycles. The molecule has 2 N–H and O–H groups in total. The van der Waals surface area contributed by atoms with E-state index in [-0.39, 0.29) is 65.9 Å². The molecule has 1 aliphatic heterocycles. The van der Waals surface area contributed by atoms with E-state index in [2.05, 4.69) is 36.4 Å². The first kappa shape index (κ1) is 47.0. The van der Waals surface area contributed by atoms with Gasteiger partial charge < -0.3 is 29.9 Å². The van der Waals surface area contributed by atoms with Crippen molar-refractivity contribution >= 4 is 35.0 Å². The molecule has 314 valence electrons. The first-order chi connectivity index (χ1) is 26.6. The van der Waals surface area contributed by atoms with E-state index in [1.54, 1.807) is 32.4 Å². The average molecular weight is 799 g/mol. The highest BCUT2D eigenvalue weighted by Crippen LogP contribution is 2.30. The molecule has 1 aromatic carbocycles. The number of likely N-dealkylation sites (tertiary alicyclic amines) is 1. The zero-order chi connectivity index (χ0) is 41.7. The Labute approximate surface area is 340 Å². The summed E-state index contributed by atoms with van der Waals surface area (Å²) in [5, 5.41) is 9.06. The van der Waals surface area contributed by atoms with Crippen molar-refractivity contribution in [2.75, 3.05) is 41.9 Å². The van der Waals surface area contributed by atoms with E-state index < -0.39 is 30.2 Å². The van der Waals surface area contributed by atoms with Crippen molar-refractivity contribution in [2.45, 2.75) is 129 Å². The number of ether oxygens (including phenoxy) is 2. The van der Waals surface area contributed by atoms with Crippen molar-refractivity contribution in [1.29, 1.82) is 0 Å². The fourth-order valence-electron chi connectivity index (χ4n) is 8.26. The lowest BCUT2D eigenvalue weighted by Crippen LogP contribution is -2.59. The summed E-state index contributed by atoms with van der Waals surface area (Å²) in [5.74, 6) is -1.28. The van der Waals surface area contributed by atoms with Crippen LogP contribution in [0.2, 0.25) is 0 Å². The van der Waals surface area contributed by atoms with Crippen molar-refractivity contribution in [3.8, 4) is 0 Å². The van der Waals surface area contributed by atoms with Gasteiger partial charge in [-0.25, -0.2) is 4.98 Å². The molecule has 0 radical (unpaired) electrons. The third kappa shape index (κ3) is 12.1. The lowest BCUT2D eigenvalue weighted by molar-refractivity contribution is -0.148. The van der Waals surface area contributed by atoms with Crippen LogP contribution in [-0.4, -0.2) is 122 Å². The highest BCUT2D eigenvalue weighted by atomic mass is 32.1. The van der Waals surface area contributed by atoms with Gasteiger partial charge in [-0.2, -0.15) is 0 Å². The Morgan fingerprint density at radius 1 is 0.929 bits per heavy atom. The molecule has 0 aliphatic carbocycles. The van der Waals surface area contributed by atoms with Gasteiger partial charge in [0.15, 0.2) is 0 Å². The van der Waals surface area contributed by atoms with Gasteiger partial charge in [-0.3, -0.25) is 24.1 Å². The number of nitrogens with zero attached hydrogens (tertiary/aromatic N) is 4. The summed E-state index contributed by atoms with van der Waals surface area (Å²) in [6, 6.07) is 7.85. The topological polar surface area (TPSA) is 133 Å². The van der Waals surface area contributed by atoms with E-state index in [0.29, 0.717) is 19.4 Å². The predicted molar refractivity (Wildman–Crippen MR) is 223 cm³/mol. The van der Waals surface area contributed by atoms with Gasteiger partial charge in [0.2, 0.25) is 23.6 Å². The van der Waals surface area contributed by atoms with E-state index in [9.17, 15) is 19.2 Å². The number of aromatic nitrogens is 1. The van der Waals surface area contributed by atoms with Crippen LogP contribution in [-0.2, 0) is 35.1 Å². The number of likely N-dealkylation sites (N-methyl/N-ethyl adjacent to an activating group) is 2. The van der Waals surface area contributed by atoms with Crippen LogP contribution in [0, 0.1) is 23.7 Å². The Bertz CT molecular complexity index is 1510. The minimum atomic E-state index is -0.750. The van der Waals surface area contributed by atoms with Crippen molar-refractivity contribution in [3.05, 3.63) is 52.5 Å². The van der Waals surface area contributed by atoms with Crippen LogP contribution in [0.3, 0.4) is 0 Å². The normalized spacial score (nSPS) is 19.4. The van der Waals surface area contributed by atoms with Crippen molar-refractivity contribution in [1.82, 2.24) is 30.3 Å². The number of carbonyl (C=O) groups is 4. The number of hydrogen-bond acceptors (Lipinski definition) is 9. The average Bonchev–Trinajstić information content (AvgIpc) is 3.90. The molecule has 1 aliphatic rings. The minimum absolute atomic E-state index is 0.00802. The van der Waals surface area contributed by atoms with Gasteiger partial charge in [-0.1, -0.05) is 91.6 Å². The Hall–Kier alpha value is -3.39. The Morgan fingerprint density at radius 2 is 1.59 bits per heavy atom. The summed E-state index contributed by atoms with van der Waals surface area (Å²) in [4.78, 5) is 66.1. The van der Waals surface area contributed by atoms with Crippen molar-refractivity contribution < 1.29 is 28.7 Å². The molecular weight excluding hydrogens is 729 g/mol. The molecule has 2 aromatic rings. The summed E-state index contributed by atoms with van der Waals surface area (Å²) in [6.07, 6.45) is 4.32. The molecule has 0 saturated carbocycles. The van der Waals surface area contributed by atoms with E-state index in [4.69, 9.17) is 9.47 Å². The van der Waals surface area contributed by atoms with Gasteiger partial charge in [0, 0.05) is 39.4 Å². The first-order valence-electron chi connectivity index (χ1n) is 20.4. The number of methoxy groups -OCH3 is 2. The summed E-state index contributed by atoms with van der Waals surface area (Å²) < 4.78 is 12.1. The van der Waals surface area contributed by atoms with Gasteiger partial charge >= 0.3 is 0 Å². The maximum absolute atomic E-state index is 14.3. The molecule has 4 amide bonds. The predicted octanol–water partition coefficient (Wildman–Crippen LogP) is 5.58. The van der Waals surface area contributed by atoms with E-state index in [0.717, 1.165) is 29.8 Å². The largest absolute Gasteiger partial charge is 0.379 e. The molecule has 56 heavy (non-hydrogen) atoms. The van der Waals surface area contributed by atoms with E-state index >= 15 is 0 Å². The van der Waals surface area contributed by atoms with Crippen LogP contribution < -0.4 is 10.6 Å². The summed E-state index contributed by atoms with van der Waals surface area (Å²) in [5.41, 5.74) is 1.09. The summed E-state index contributed by atoms with van der Waals surface area (Å²) in [6.45, 7) is 14.5. The highest BCUT2D eigenvalue weighted by molar-refractivity contribution is 7.09. The number of thiazole rings is 1. The second kappa shape index (κ2) is 22.5. The van der Waals surface area contributed by atoms with E-state index in [1.807, 2.05) is 87.3 Å². The van der Waals surface area contributed by atoms with E-state index in [1.165, 1.54) is 11.3 Å². The maximum Gasteiger partial charge on any atom is 0.245 e. The van der Waals surface area contributed by atoms with Gasteiger partial charge in [0.25, 0.3) is 0 Å². The third-order valence-corrected chi connectivity index (χ3v) is 12.7. The fourth-order valence-corrected chi connectivity index (χ4v) is 8.95. The van der Waals surface area contributed by atoms with Gasteiger partial charge in [0.1, 0.15) is 11.0 Å². The zero-order valence-corrected chi connectivity index (χ0v) is 36.8. The van der Waals surface area contributed by atoms with Crippen LogP contribution in [0.15, 0.2) is 41.9 Å². The molecule has 1 fully saturated rings. The number of hydrogen-bond donors (Lipinski definition) is 2. The second-order valence-corrected chi connectivity index (χ2v) is 17.2. The standard InChI is InChI=1S/C43H70N6O6S/c1-13-28(5)37(48(10)43(53)36(27(3)4)46-41(52)38(47(8)9)29(6)14-2)34(54-11)26-35(50)49-23-18-21-33(49)39(55-12)30(7)40(51)45-32(42-44-22-24-56-42)25-31-19-16-15-17-20-31/h15-17,19-20,22,24,27-30,32-34,36-39H,13-14,18,21,23,25-26H2,1-12H3,(H,45,51)(H,46,52)/t28-,29+,30+,32-,33-,34+,36-,37-,38-,39+/m0/s1. The third-order valence-electron chi connectivity index (χ3n) is 11.8. The highest BCUT2D eigenvalue weighted by Gasteiger charge is 2.43. The quantitative estimate of drug-likeness (QED) is 0.158. The molecule has 0 spiro atoms. The molecule has 0 unspecified atom stereocenters. The van der Waals surface area contributed by atoms with Crippen LogP contribution in [0.4, 0.5) is 0 Å². The minimum Gasteiger partial charge on any atom is -0.379 e. The lowest BCUT2D eigenvalue weighted by atomic mass is 9.89. The molecule has 10 atom stereocenters. The molecule has 13 heteroatoms. The zero-order valence-electron chi connectivity index (χ0n) is 36.0. The SMILES string of the molecule is CC[C@@H](C)[C@@H](C(=O)N[C@H](C(=O)N(C)[C@@H]([C@@H](C)CC)[C@@H](CC(=O)N1CCC[C@H]1[C@H](OC)[C@@H](C)C(=O)N[C@@H](Cc1ccccc1)c1nccs1)OC)C(C)C)N(C)C. The number of nitrogens with one attached hydrogen (secondary N) is 2. The Morgan fingerprint density at radius 3 is 2.12 bits per heavy atom. The number of amides is 4. The molecule has 1 aromatic heterocycles. The van der Waals surface area contributed by atoms with Gasteiger partial charge in [-0.05, 0) is 56.7 Å². The molecule has 12 nitrogen and oxygen atoms in total. The Balaban J connectivity index is 1.79. The molecule has 0 bridgehead atoms. The number of benzene rings is 1. The van der Waals surface area contributed by atoms with Crippen LogP contribution in [0.5, 0.6) is 0 Å². The van der Waals surface area contributed by atoms with Crippen LogP contribution >= 0.6 is 11.3 Å². The smallest absolute Gasteiger partial charge is 0.245 e. The lowest BCUT2D eigenvalue weighted by Gasteiger charge is -2.41. The summed E-state index contributed by atoms with van der Waals surface area (Å²) >= 11 is 1.51. The fraction of sp³-hybridized carbons (Fsp3) is 0.698. The number of rotatable bonds is 22. The molecular formula is C43H70N6O6S.